The second-order valence-corrected chi connectivity index (χ2v) is 5.85. The number of aromatic nitrogens is 2. The van der Waals surface area contributed by atoms with E-state index in [4.69, 9.17) is 9.84 Å². The first-order valence-electron chi connectivity index (χ1n) is 8.56. The molecular formula is C18H23N5O2. The molecule has 0 unspecified atom stereocenters. The van der Waals surface area contributed by atoms with E-state index in [0.717, 1.165) is 48.7 Å². The lowest BCUT2D eigenvalue weighted by atomic mass is 10.2. The van der Waals surface area contributed by atoms with Crippen LogP contribution in [0.3, 0.4) is 0 Å². The number of anilines is 1. The highest BCUT2D eigenvalue weighted by Gasteiger charge is 2.23. The van der Waals surface area contributed by atoms with Crippen LogP contribution in [-0.2, 0) is 4.74 Å². The molecule has 0 spiro atoms. The minimum atomic E-state index is -0.561. The monoisotopic (exact) mass is 341 g/mol. The molecule has 2 aromatic rings. The zero-order valence-electron chi connectivity index (χ0n) is 14.6. The number of ether oxygens (including phenoxy) is 1. The van der Waals surface area contributed by atoms with Gasteiger partial charge in [-0.05, 0) is 38.8 Å². The van der Waals surface area contributed by atoms with E-state index in [1.807, 2.05) is 41.9 Å². The summed E-state index contributed by atoms with van der Waals surface area (Å²) in [5, 5.41) is 8.73. The molecule has 0 atom stereocenters. The molecule has 3 rings (SSSR count). The van der Waals surface area contributed by atoms with Crippen LogP contribution < -0.4 is 10.3 Å². The summed E-state index contributed by atoms with van der Waals surface area (Å²) in [7, 11) is 0. The van der Waals surface area contributed by atoms with Gasteiger partial charge in [-0.2, -0.15) is 10.2 Å². The van der Waals surface area contributed by atoms with Gasteiger partial charge in [0, 0.05) is 13.1 Å². The number of hydrogen-bond acceptors (Lipinski definition) is 5. The number of hydrogen-bond donors (Lipinski definition) is 1. The smallest absolute Gasteiger partial charge is 0.427 e. The molecule has 2 heterocycles. The first kappa shape index (κ1) is 17.0. The summed E-state index contributed by atoms with van der Waals surface area (Å²) in [6.45, 7) is 5.99. The molecule has 7 nitrogen and oxygen atoms in total. The normalized spacial score (nSPS) is 14.2. The molecule has 1 amide bonds. The van der Waals surface area contributed by atoms with Gasteiger partial charge in [-0.25, -0.2) is 14.9 Å². The maximum Gasteiger partial charge on any atom is 0.427 e. The second kappa shape index (κ2) is 7.83. The van der Waals surface area contributed by atoms with Crippen LogP contribution in [0.2, 0.25) is 0 Å². The molecule has 1 aromatic carbocycles. The summed E-state index contributed by atoms with van der Waals surface area (Å²) in [5.74, 6) is 1.01. The van der Waals surface area contributed by atoms with Gasteiger partial charge in [0.05, 0.1) is 29.8 Å². The second-order valence-electron chi connectivity index (χ2n) is 5.85. The van der Waals surface area contributed by atoms with Crippen LogP contribution in [0.15, 0.2) is 35.4 Å². The van der Waals surface area contributed by atoms with Gasteiger partial charge in [0.15, 0.2) is 0 Å². The highest BCUT2D eigenvalue weighted by atomic mass is 16.5. The Morgan fingerprint density at radius 2 is 2.04 bits per heavy atom. The topological polar surface area (TPSA) is 71.7 Å². The molecule has 1 saturated heterocycles. The van der Waals surface area contributed by atoms with Gasteiger partial charge in [-0.3, -0.25) is 0 Å². The number of nitrogens with one attached hydrogen (secondary N) is 1. The van der Waals surface area contributed by atoms with Gasteiger partial charge in [-0.1, -0.05) is 18.2 Å². The van der Waals surface area contributed by atoms with Crippen molar-refractivity contribution in [1.82, 2.24) is 15.2 Å². The van der Waals surface area contributed by atoms with Crippen molar-refractivity contribution < 1.29 is 9.53 Å². The molecular weight excluding hydrogens is 318 g/mol. The average Bonchev–Trinajstić information content (AvgIpc) is 3.24. The average molecular weight is 341 g/mol. The van der Waals surface area contributed by atoms with Crippen LogP contribution in [0.4, 0.5) is 10.6 Å². The Morgan fingerprint density at radius 1 is 1.32 bits per heavy atom. The van der Waals surface area contributed by atoms with Crippen LogP contribution in [0.25, 0.3) is 5.69 Å². The van der Waals surface area contributed by atoms with E-state index < -0.39 is 6.09 Å². The van der Waals surface area contributed by atoms with E-state index in [9.17, 15) is 4.79 Å². The lowest BCUT2D eigenvalue weighted by Gasteiger charge is -2.20. The maximum atomic E-state index is 11.4. The number of hydrazone groups is 1. The quantitative estimate of drug-likeness (QED) is 0.670. The first-order valence-corrected chi connectivity index (χ1v) is 8.56. The Kier molecular flexibility index (Phi) is 5.33. The van der Waals surface area contributed by atoms with Gasteiger partial charge >= 0.3 is 6.09 Å². The summed E-state index contributed by atoms with van der Waals surface area (Å²) >= 11 is 0. The predicted molar refractivity (Wildman–Crippen MR) is 97.5 cm³/mol. The van der Waals surface area contributed by atoms with Crippen LogP contribution >= 0.6 is 0 Å². The Morgan fingerprint density at radius 3 is 2.72 bits per heavy atom. The number of nitrogens with zero attached hydrogens (tertiary/aromatic N) is 4. The minimum absolute atomic E-state index is 0.311. The summed E-state index contributed by atoms with van der Waals surface area (Å²) in [6, 6.07) is 10.0. The molecule has 0 saturated carbocycles. The number of rotatable bonds is 5. The Bertz CT molecular complexity index is 748. The van der Waals surface area contributed by atoms with E-state index in [0.29, 0.717) is 6.61 Å². The standard InChI is InChI=1S/C18H23N5O2/c1-3-25-18(24)20-19-13-16-14(2)21-23(15-9-5-4-6-10-15)17(16)22-11-7-8-12-22/h4-6,9-10,13H,3,7-8,11-12H2,1-2H3,(H,20,24)/b19-13+. The lowest BCUT2D eigenvalue weighted by molar-refractivity contribution is 0.152. The molecule has 1 aromatic heterocycles. The van der Waals surface area contributed by atoms with Gasteiger partial charge in [0.2, 0.25) is 0 Å². The first-order chi connectivity index (χ1) is 12.2. The number of benzene rings is 1. The maximum absolute atomic E-state index is 11.4. The van der Waals surface area contributed by atoms with Crippen molar-refractivity contribution in [1.29, 1.82) is 0 Å². The Hall–Kier alpha value is -2.83. The third kappa shape index (κ3) is 3.81. The summed E-state index contributed by atoms with van der Waals surface area (Å²) < 4.78 is 6.77. The number of amides is 1. The SMILES string of the molecule is CCOC(=O)N/N=C/c1c(C)nn(-c2ccccc2)c1N1CCCC1. The van der Waals surface area contributed by atoms with E-state index >= 15 is 0 Å². The minimum Gasteiger partial charge on any atom is -0.449 e. The fourth-order valence-electron chi connectivity index (χ4n) is 2.97. The van der Waals surface area contributed by atoms with Gasteiger partial charge < -0.3 is 9.64 Å². The van der Waals surface area contributed by atoms with E-state index in [1.54, 1.807) is 13.1 Å². The van der Waals surface area contributed by atoms with Gasteiger partial charge in [0.25, 0.3) is 0 Å². The van der Waals surface area contributed by atoms with E-state index in [2.05, 4.69) is 15.4 Å². The van der Waals surface area contributed by atoms with Crippen molar-refractivity contribution in [2.75, 3.05) is 24.6 Å². The highest BCUT2D eigenvalue weighted by molar-refractivity contribution is 5.89. The van der Waals surface area contributed by atoms with Crippen molar-refractivity contribution in [2.45, 2.75) is 26.7 Å². The zero-order chi connectivity index (χ0) is 17.6. The summed E-state index contributed by atoms with van der Waals surface area (Å²) in [5.41, 5.74) is 5.15. The number of para-hydroxylation sites is 1. The summed E-state index contributed by atoms with van der Waals surface area (Å²) in [6.07, 6.45) is 3.41. The number of aryl methyl sites for hydroxylation is 1. The highest BCUT2D eigenvalue weighted by Crippen LogP contribution is 2.28. The van der Waals surface area contributed by atoms with Crippen LogP contribution in [0.5, 0.6) is 0 Å². The largest absolute Gasteiger partial charge is 0.449 e. The summed E-state index contributed by atoms with van der Waals surface area (Å²) in [4.78, 5) is 13.7. The van der Waals surface area contributed by atoms with Crippen LogP contribution in [-0.4, -0.2) is 41.8 Å². The van der Waals surface area contributed by atoms with Crippen molar-refractivity contribution >= 4 is 18.1 Å². The van der Waals surface area contributed by atoms with Gasteiger partial charge in [-0.15, -0.1) is 0 Å². The lowest BCUT2D eigenvalue weighted by Crippen LogP contribution is -2.23. The Balaban J connectivity index is 1.95. The molecule has 1 fully saturated rings. The van der Waals surface area contributed by atoms with E-state index in [-0.39, 0.29) is 0 Å². The zero-order valence-corrected chi connectivity index (χ0v) is 14.6. The van der Waals surface area contributed by atoms with Crippen molar-refractivity contribution in [3.63, 3.8) is 0 Å². The molecule has 25 heavy (non-hydrogen) atoms. The fraction of sp³-hybridized carbons (Fsp3) is 0.389. The Labute approximate surface area is 147 Å². The molecule has 132 valence electrons. The molecule has 1 N–H and O–H groups in total. The molecule has 7 heteroatoms. The molecule has 0 bridgehead atoms. The third-order valence-electron chi connectivity index (χ3n) is 4.11. The predicted octanol–water partition coefficient (Wildman–Crippen LogP) is 2.86. The molecule has 0 radical (unpaired) electrons. The van der Waals surface area contributed by atoms with Crippen LogP contribution in [0.1, 0.15) is 31.0 Å². The molecule has 1 aliphatic heterocycles. The van der Waals surface area contributed by atoms with Gasteiger partial charge in [0.1, 0.15) is 5.82 Å². The fourth-order valence-corrected chi connectivity index (χ4v) is 2.97. The van der Waals surface area contributed by atoms with Crippen molar-refractivity contribution in [3.8, 4) is 5.69 Å². The third-order valence-corrected chi connectivity index (χ3v) is 4.11. The number of carbonyl (C=O) groups excluding carboxylic acids is 1. The van der Waals surface area contributed by atoms with Crippen molar-refractivity contribution in [3.05, 3.63) is 41.6 Å². The molecule has 0 aliphatic carbocycles. The molecule has 1 aliphatic rings. The van der Waals surface area contributed by atoms with Crippen molar-refractivity contribution in [2.24, 2.45) is 5.10 Å². The van der Waals surface area contributed by atoms with E-state index in [1.165, 1.54) is 0 Å². The number of carbonyl (C=O) groups is 1. The van der Waals surface area contributed by atoms with Crippen LogP contribution in [0, 0.1) is 6.92 Å².